The minimum Gasteiger partial charge on any atom is -0.497 e. The van der Waals surface area contributed by atoms with E-state index in [-0.39, 0.29) is 0 Å². The fourth-order valence-electron chi connectivity index (χ4n) is 1.97. The van der Waals surface area contributed by atoms with Gasteiger partial charge in [0.1, 0.15) is 5.75 Å². The molecule has 0 saturated carbocycles. The summed E-state index contributed by atoms with van der Waals surface area (Å²) in [7, 11) is 5.95. The van der Waals surface area contributed by atoms with E-state index in [9.17, 15) is 0 Å². The van der Waals surface area contributed by atoms with E-state index in [2.05, 4.69) is 49.4 Å². The van der Waals surface area contributed by atoms with Crippen LogP contribution in [-0.4, -0.2) is 50.7 Å². The number of rotatable bonds is 9. The number of hydrogen-bond donors (Lipinski definition) is 1. The van der Waals surface area contributed by atoms with Gasteiger partial charge in [0.25, 0.3) is 0 Å². The third kappa shape index (κ3) is 5.85. The molecule has 0 aliphatic heterocycles. The van der Waals surface area contributed by atoms with Gasteiger partial charge in [-0.15, -0.1) is 0 Å². The van der Waals surface area contributed by atoms with Gasteiger partial charge in [0.15, 0.2) is 0 Å². The maximum absolute atomic E-state index is 5.30. The molecular formula is C15H26N2OS. The average molecular weight is 282 g/mol. The number of benzene rings is 1. The molecule has 0 spiro atoms. The molecule has 3 nitrogen and oxygen atoms in total. The first-order chi connectivity index (χ1) is 9.19. The second-order valence-electron chi connectivity index (χ2n) is 4.66. The standard InChI is InChI=1S/C15H26N2OS/c1-5-19-10-9-16-12-15(17(2)3)13-7-6-8-14(11-13)18-4/h6-8,11,15-16H,5,9-10,12H2,1-4H3. The number of thioether (sulfide) groups is 1. The van der Waals surface area contributed by atoms with Gasteiger partial charge in [-0.2, -0.15) is 11.8 Å². The monoisotopic (exact) mass is 282 g/mol. The van der Waals surface area contributed by atoms with Gasteiger partial charge < -0.3 is 15.0 Å². The van der Waals surface area contributed by atoms with E-state index in [0.29, 0.717) is 6.04 Å². The molecule has 0 aliphatic rings. The molecule has 0 heterocycles. The SMILES string of the molecule is CCSCCNCC(c1cccc(OC)c1)N(C)C. The Kier molecular flexibility index (Phi) is 7.94. The lowest BCUT2D eigenvalue weighted by atomic mass is 10.1. The van der Waals surface area contributed by atoms with Crippen LogP contribution in [0.2, 0.25) is 0 Å². The molecule has 1 aromatic rings. The van der Waals surface area contributed by atoms with Crippen molar-refractivity contribution in [1.82, 2.24) is 10.2 Å². The first-order valence-electron chi connectivity index (χ1n) is 6.77. The highest BCUT2D eigenvalue weighted by Crippen LogP contribution is 2.21. The van der Waals surface area contributed by atoms with Gasteiger partial charge in [-0.1, -0.05) is 19.1 Å². The van der Waals surface area contributed by atoms with Gasteiger partial charge >= 0.3 is 0 Å². The van der Waals surface area contributed by atoms with Crippen LogP contribution < -0.4 is 10.1 Å². The van der Waals surface area contributed by atoms with Crippen molar-refractivity contribution in [1.29, 1.82) is 0 Å². The summed E-state index contributed by atoms with van der Waals surface area (Å²) in [6.45, 7) is 4.22. The lowest BCUT2D eigenvalue weighted by Crippen LogP contribution is -2.32. The van der Waals surface area contributed by atoms with E-state index >= 15 is 0 Å². The van der Waals surface area contributed by atoms with Crippen molar-refractivity contribution < 1.29 is 4.74 Å². The Labute approximate surface area is 121 Å². The van der Waals surface area contributed by atoms with E-state index in [4.69, 9.17) is 4.74 Å². The van der Waals surface area contributed by atoms with Crippen LogP contribution in [0.3, 0.4) is 0 Å². The highest BCUT2D eigenvalue weighted by Gasteiger charge is 2.14. The molecule has 0 aliphatic carbocycles. The summed E-state index contributed by atoms with van der Waals surface area (Å²) in [6.07, 6.45) is 0. The highest BCUT2D eigenvalue weighted by molar-refractivity contribution is 7.99. The van der Waals surface area contributed by atoms with Gasteiger partial charge in [-0.25, -0.2) is 0 Å². The van der Waals surface area contributed by atoms with Crippen LogP contribution in [0.25, 0.3) is 0 Å². The zero-order valence-electron chi connectivity index (χ0n) is 12.5. The minimum absolute atomic E-state index is 0.377. The van der Waals surface area contributed by atoms with E-state index in [1.807, 2.05) is 17.8 Å². The summed E-state index contributed by atoms with van der Waals surface area (Å²) in [5.74, 6) is 3.29. The molecule has 1 unspecified atom stereocenters. The average Bonchev–Trinajstić information content (AvgIpc) is 2.42. The Morgan fingerprint density at radius 1 is 1.37 bits per heavy atom. The summed E-state index contributed by atoms with van der Waals surface area (Å²) in [4.78, 5) is 2.24. The van der Waals surface area contributed by atoms with Crippen molar-refractivity contribution in [3.8, 4) is 5.75 Å². The Morgan fingerprint density at radius 2 is 2.16 bits per heavy atom. The Bertz CT molecular complexity index is 358. The van der Waals surface area contributed by atoms with Gasteiger partial charge in [0.05, 0.1) is 7.11 Å². The lowest BCUT2D eigenvalue weighted by molar-refractivity contribution is 0.289. The second kappa shape index (κ2) is 9.23. The first kappa shape index (κ1) is 16.3. The van der Waals surface area contributed by atoms with E-state index in [1.165, 1.54) is 17.1 Å². The van der Waals surface area contributed by atoms with Crippen LogP contribution in [0, 0.1) is 0 Å². The molecule has 0 aromatic heterocycles. The number of methoxy groups -OCH3 is 1. The molecule has 0 fully saturated rings. The smallest absolute Gasteiger partial charge is 0.119 e. The van der Waals surface area contributed by atoms with Crippen molar-refractivity contribution >= 4 is 11.8 Å². The number of likely N-dealkylation sites (N-methyl/N-ethyl adjacent to an activating group) is 1. The predicted molar refractivity (Wildman–Crippen MR) is 85.3 cm³/mol. The van der Waals surface area contributed by atoms with Crippen molar-refractivity contribution in [3.05, 3.63) is 29.8 Å². The summed E-state index contributed by atoms with van der Waals surface area (Å²) in [5, 5.41) is 3.53. The lowest BCUT2D eigenvalue weighted by Gasteiger charge is -2.25. The predicted octanol–water partition coefficient (Wildman–Crippen LogP) is 2.64. The maximum atomic E-state index is 5.30. The molecule has 0 saturated heterocycles. The van der Waals surface area contributed by atoms with Crippen LogP contribution >= 0.6 is 11.8 Å². The molecule has 0 radical (unpaired) electrons. The summed E-state index contributed by atoms with van der Waals surface area (Å²) in [5.41, 5.74) is 1.29. The van der Waals surface area contributed by atoms with Gasteiger partial charge in [-0.3, -0.25) is 0 Å². The van der Waals surface area contributed by atoms with Crippen molar-refractivity contribution in [2.75, 3.05) is 45.8 Å². The summed E-state index contributed by atoms with van der Waals surface area (Å²) < 4.78 is 5.30. The first-order valence-corrected chi connectivity index (χ1v) is 7.93. The summed E-state index contributed by atoms with van der Waals surface area (Å²) in [6, 6.07) is 8.70. The van der Waals surface area contributed by atoms with Crippen molar-refractivity contribution in [2.45, 2.75) is 13.0 Å². The molecule has 0 bridgehead atoms. The fourth-order valence-corrected chi connectivity index (χ4v) is 2.55. The van der Waals surface area contributed by atoms with E-state index < -0.39 is 0 Å². The zero-order chi connectivity index (χ0) is 14.1. The molecule has 1 N–H and O–H groups in total. The van der Waals surface area contributed by atoms with Crippen LogP contribution in [0.5, 0.6) is 5.75 Å². The fraction of sp³-hybridized carbons (Fsp3) is 0.600. The molecule has 1 rings (SSSR count). The van der Waals surface area contributed by atoms with Crippen LogP contribution in [0.4, 0.5) is 0 Å². The number of nitrogens with one attached hydrogen (secondary N) is 1. The second-order valence-corrected chi connectivity index (χ2v) is 6.05. The summed E-state index contributed by atoms with van der Waals surface area (Å²) >= 11 is 1.97. The third-order valence-electron chi connectivity index (χ3n) is 3.07. The van der Waals surface area contributed by atoms with Crippen molar-refractivity contribution in [2.24, 2.45) is 0 Å². The topological polar surface area (TPSA) is 24.5 Å². The number of nitrogens with zero attached hydrogens (tertiary/aromatic N) is 1. The molecule has 1 aromatic carbocycles. The zero-order valence-corrected chi connectivity index (χ0v) is 13.3. The molecule has 19 heavy (non-hydrogen) atoms. The van der Waals surface area contributed by atoms with E-state index in [0.717, 1.165) is 18.8 Å². The van der Waals surface area contributed by atoms with Gasteiger partial charge in [0.2, 0.25) is 0 Å². The Balaban J connectivity index is 2.56. The molecule has 108 valence electrons. The molecule has 0 amide bonds. The highest BCUT2D eigenvalue weighted by atomic mass is 32.2. The van der Waals surface area contributed by atoms with Crippen LogP contribution in [0.1, 0.15) is 18.5 Å². The quantitative estimate of drug-likeness (QED) is 0.704. The van der Waals surface area contributed by atoms with Gasteiger partial charge in [0, 0.05) is 24.9 Å². The van der Waals surface area contributed by atoms with Gasteiger partial charge in [-0.05, 0) is 37.5 Å². The van der Waals surface area contributed by atoms with Crippen LogP contribution in [-0.2, 0) is 0 Å². The Hall–Kier alpha value is -0.710. The largest absolute Gasteiger partial charge is 0.497 e. The molecule has 4 heteroatoms. The van der Waals surface area contributed by atoms with Crippen molar-refractivity contribution in [3.63, 3.8) is 0 Å². The Morgan fingerprint density at radius 3 is 2.79 bits per heavy atom. The molecular weight excluding hydrogens is 256 g/mol. The maximum Gasteiger partial charge on any atom is 0.119 e. The van der Waals surface area contributed by atoms with Crippen LogP contribution in [0.15, 0.2) is 24.3 Å². The molecule has 1 atom stereocenters. The number of ether oxygens (including phenoxy) is 1. The third-order valence-corrected chi connectivity index (χ3v) is 3.97. The van der Waals surface area contributed by atoms with E-state index in [1.54, 1.807) is 7.11 Å². The minimum atomic E-state index is 0.377. The number of hydrogen-bond acceptors (Lipinski definition) is 4. The normalized spacial score (nSPS) is 12.7.